The molecule has 0 unspecified atom stereocenters. The van der Waals surface area contributed by atoms with Crippen LogP contribution in [0.3, 0.4) is 0 Å². The molecule has 0 radical (unpaired) electrons. The van der Waals surface area contributed by atoms with E-state index in [1.165, 1.54) is 6.07 Å². The number of benzene rings is 2. The highest BCUT2D eigenvalue weighted by molar-refractivity contribution is 5.98. The Morgan fingerprint density at radius 2 is 1.93 bits per heavy atom. The molecule has 3 aromatic rings. The summed E-state index contributed by atoms with van der Waals surface area (Å²) in [7, 11) is 1.79. The fourth-order valence-corrected chi connectivity index (χ4v) is 3.35. The fraction of sp³-hybridized carbons (Fsp3) is 0.250. The first kappa shape index (κ1) is 18.1. The number of amides is 1. The van der Waals surface area contributed by atoms with Crippen LogP contribution in [0.25, 0.3) is 11.4 Å². The smallest absolute Gasteiger partial charge is 0.251 e. The van der Waals surface area contributed by atoms with E-state index in [9.17, 15) is 13.6 Å². The van der Waals surface area contributed by atoms with Gasteiger partial charge in [-0.05, 0) is 43.7 Å². The molecule has 1 aromatic heterocycles. The van der Waals surface area contributed by atoms with Gasteiger partial charge in [-0.1, -0.05) is 6.07 Å². The maximum atomic E-state index is 14.0. The molecule has 8 heteroatoms. The first-order valence-corrected chi connectivity index (χ1v) is 8.72. The summed E-state index contributed by atoms with van der Waals surface area (Å²) in [5, 5.41) is 11.3. The molecule has 0 spiro atoms. The van der Waals surface area contributed by atoms with Gasteiger partial charge in [0.2, 0.25) is 0 Å². The van der Waals surface area contributed by atoms with Gasteiger partial charge in [0.1, 0.15) is 5.82 Å². The average molecular weight is 384 g/mol. The van der Waals surface area contributed by atoms with E-state index in [-0.39, 0.29) is 11.7 Å². The number of nitrogens with one attached hydrogen (secondary N) is 1. The van der Waals surface area contributed by atoms with Crippen molar-refractivity contribution in [3.63, 3.8) is 0 Å². The maximum Gasteiger partial charge on any atom is 0.251 e. The lowest BCUT2D eigenvalue weighted by molar-refractivity contribution is 0.0892. The van der Waals surface area contributed by atoms with Gasteiger partial charge in [-0.25, -0.2) is 8.78 Å². The summed E-state index contributed by atoms with van der Waals surface area (Å²) >= 11 is 0. The van der Waals surface area contributed by atoms with Crippen LogP contribution in [0.1, 0.15) is 35.6 Å². The number of ether oxygens (including phenoxy) is 1. The van der Waals surface area contributed by atoms with E-state index in [0.717, 1.165) is 23.3 Å². The molecule has 28 heavy (non-hydrogen) atoms. The zero-order valence-corrected chi connectivity index (χ0v) is 15.6. The molecule has 2 heterocycles. The predicted octanol–water partition coefficient (Wildman–Crippen LogP) is 3.32. The van der Waals surface area contributed by atoms with E-state index in [1.54, 1.807) is 31.5 Å². The molecule has 6 nitrogen and oxygen atoms in total. The number of fused-ring (bicyclic) bond motifs is 1. The second kappa shape index (κ2) is 6.40. The number of hydrogen-bond donors (Lipinski definition) is 1. The molecule has 0 fully saturated rings. The monoisotopic (exact) mass is 384 g/mol. The zero-order chi connectivity index (χ0) is 20.1. The predicted molar refractivity (Wildman–Crippen MR) is 97.6 cm³/mol. The molecule has 1 aliphatic heterocycles. The van der Waals surface area contributed by atoms with Crippen molar-refractivity contribution in [3.05, 3.63) is 65.0 Å². The third-order valence-corrected chi connectivity index (χ3v) is 4.72. The summed E-state index contributed by atoms with van der Waals surface area (Å²) in [6.45, 7) is 3.94. The van der Waals surface area contributed by atoms with Crippen LogP contribution in [0.4, 0.5) is 8.78 Å². The normalized spacial score (nSPS) is 13.4. The van der Waals surface area contributed by atoms with Crippen LogP contribution < -0.4 is 10.1 Å². The average Bonchev–Trinajstić information content (AvgIpc) is 3.20. The molecule has 0 bridgehead atoms. The number of carbonyl (C=O) groups excluding carboxylic acids is 1. The van der Waals surface area contributed by atoms with E-state index in [0.29, 0.717) is 23.8 Å². The van der Waals surface area contributed by atoms with Crippen LogP contribution in [0.15, 0.2) is 36.4 Å². The third kappa shape index (κ3) is 3.00. The van der Waals surface area contributed by atoms with Gasteiger partial charge in [0.15, 0.2) is 28.8 Å². The minimum absolute atomic E-state index is 0.0712. The SMILES string of the molecule is Cn1c(-c2ccc3c(c2)CNC3=O)nnc1C(C)(C)Oc1ccc(F)cc1F. The number of hydrogen-bond acceptors (Lipinski definition) is 4. The fourth-order valence-electron chi connectivity index (χ4n) is 3.35. The Balaban J connectivity index is 1.67. The Morgan fingerprint density at radius 3 is 2.68 bits per heavy atom. The summed E-state index contributed by atoms with van der Waals surface area (Å²) in [6.07, 6.45) is 0. The van der Waals surface area contributed by atoms with E-state index in [2.05, 4.69) is 15.5 Å². The number of aromatic nitrogens is 3. The van der Waals surface area contributed by atoms with Crippen LogP contribution in [-0.2, 0) is 19.2 Å². The molecular formula is C20H18F2N4O2. The minimum Gasteiger partial charge on any atom is -0.477 e. The Morgan fingerprint density at radius 1 is 1.14 bits per heavy atom. The van der Waals surface area contributed by atoms with Crippen LogP contribution in [0, 0.1) is 11.6 Å². The van der Waals surface area contributed by atoms with Crippen LogP contribution in [0.5, 0.6) is 5.75 Å². The zero-order valence-electron chi connectivity index (χ0n) is 15.6. The molecule has 1 aliphatic rings. The lowest BCUT2D eigenvalue weighted by Gasteiger charge is -2.25. The summed E-state index contributed by atoms with van der Waals surface area (Å²) in [5.74, 6) is -0.553. The van der Waals surface area contributed by atoms with Crippen LogP contribution in [0.2, 0.25) is 0 Å². The van der Waals surface area contributed by atoms with Gasteiger partial charge in [-0.3, -0.25) is 4.79 Å². The quantitative estimate of drug-likeness (QED) is 0.749. The van der Waals surface area contributed by atoms with Gasteiger partial charge in [0.05, 0.1) is 0 Å². The maximum absolute atomic E-state index is 14.0. The van der Waals surface area contributed by atoms with Crippen molar-refractivity contribution in [2.75, 3.05) is 0 Å². The lowest BCUT2D eigenvalue weighted by atomic mass is 10.1. The number of carbonyl (C=O) groups is 1. The van der Waals surface area contributed by atoms with Gasteiger partial charge in [0, 0.05) is 30.8 Å². The van der Waals surface area contributed by atoms with E-state index >= 15 is 0 Å². The van der Waals surface area contributed by atoms with E-state index < -0.39 is 17.2 Å². The van der Waals surface area contributed by atoms with Gasteiger partial charge in [0.25, 0.3) is 5.91 Å². The van der Waals surface area contributed by atoms with Crippen molar-refractivity contribution in [1.29, 1.82) is 0 Å². The first-order chi connectivity index (χ1) is 13.3. The molecule has 0 saturated heterocycles. The van der Waals surface area contributed by atoms with E-state index in [4.69, 9.17) is 4.74 Å². The van der Waals surface area contributed by atoms with Gasteiger partial charge < -0.3 is 14.6 Å². The largest absolute Gasteiger partial charge is 0.477 e. The molecule has 0 saturated carbocycles. The second-order valence-corrected chi connectivity index (χ2v) is 7.15. The summed E-state index contributed by atoms with van der Waals surface area (Å²) in [6, 6.07) is 8.62. The highest BCUT2D eigenvalue weighted by Gasteiger charge is 2.31. The summed E-state index contributed by atoms with van der Waals surface area (Å²) in [5.41, 5.74) is 1.34. The number of rotatable bonds is 4. The Bertz CT molecular complexity index is 1090. The van der Waals surface area contributed by atoms with Crippen molar-refractivity contribution in [1.82, 2.24) is 20.1 Å². The van der Waals surface area contributed by atoms with Crippen molar-refractivity contribution in [2.24, 2.45) is 7.05 Å². The topological polar surface area (TPSA) is 69.0 Å². The molecular weight excluding hydrogens is 366 g/mol. The molecule has 2 aromatic carbocycles. The molecule has 144 valence electrons. The van der Waals surface area contributed by atoms with Crippen LogP contribution >= 0.6 is 0 Å². The summed E-state index contributed by atoms with van der Waals surface area (Å²) in [4.78, 5) is 11.7. The van der Waals surface area contributed by atoms with Gasteiger partial charge >= 0.3 is 0 Å². The van der Waals surface area contributed by atoms with Crippen molar-refractivity contribution >= 4 is 5.91 Å². The Hall–Kier alpha value is -3.29. The molecule has 1 amide bonds. The first-order valence-electron chi connectivity index (χ1n) is 8.72. The van der Waals surface area contributed by atoms with Crippen molar-refractivity contribution in [2.45, 2.75) is 26.0 Å². The van der Waals surface area contributed by atoms with Crippen LogP contribution in [-0.4, -0.2) is 20.7 Å². The highest BCUT2D eigenvalue weighted by Crippen LogP contribution is 2.31. The summed E-state index contributed by atoms with van der Waals surface area (Å²) < 4.78 is 34.6. The number of halogens is 2. The van der Waals surface area contributed by atoms with Crippen molar-refractivity contribution in [3.8, 4) is 17.1 Å². The van der Waals surface area contributed by atoms with Gasteiger partial charge in [-0.2, -0.15) is 0 Å². The standard InChI is InChI=1S/C20H18F2N4O2/c1-20(2,28-16-7-5-13(21)9-15(16)22)19-25-24-17(26(19)3)11-4-6-14-12(8-11)10-23-18(14)27/h4-9H,10H2,1-3H3,(H,23,27). The molecule has 1 N–H and O–H groups in total. The van der Waals surface area contributed by atoms with Crippen molar-refractivity contribution < 1.29 is 18.3 Å². The molecule has 0 atom stereocenters. The van der Waals surface area contributed by atoms with E-state index in [1.807, 2.05) is 12.1 Å². The number of nitrogens with zero attached hydrogens (tertiary/aromatic N) is 3. The Kier molecular flexibility index (Phi) is 4.14. The molecule has 4 rings (SSSR count). The minimum atomic E-state index is -1.02. The molecule has 0 aliphatic carbocycles. The Labute approximate surface area is 160 Å². The third-order valence-electron chi connectivity index (χ3n) is 4.72. The second-order valence-electron chi connectivity index (χ2n) is 7.15. The van der Waals surface area contributed by atoms with Gasteiger partial charge in [-0.15, -0.1) is 10.2 Å². The highest BCUT2D eigenvalue weighted by atomic mass is 19.1. The lowest BCUT2D eigenvalue weighted by Crippen LogP contribution is -2.29.